The average molecular weight is 346 g/mol. The van der Waals surface area contributed by atoms with Crippen LogP contribution in [0.3, 0.4) is 0 Å². The molecule has 2 fully saturated rings. The van der Waals surface area contributed by atoms with Crippen molar-refractivity contribution in [3.8, 4) is 0 Å². The summed E-state index contributed by atoms with van der Waals surface area (Å²) in [5.41, 5.74) is -2.20. The highest BCUT2D eigenvalue weighted by Crippen LogP contribution is 2.54. The number of carbonyl (C=O) groups is 1. The van der Waals surface area contributed by atoms with Crippen molar-refractivity contribution in [3.05, 3.63) is 12.2 Å². The maximum atomic E-state index is 12.8. The van der Waals surface area contributed by atoms with Gasteiger partial charge in [-0.15, -0.1) is 0 Å². The predicted octanol–water partition coefficient (Wildman–Crippen LogP) is 5.81. The van der Waals surface area contributed by atoms with Gasteiger partial charge in [-0.2, -0.15) is 13.2 Å². The summed E-state index contributed by atoms with van der Waals surface area (Å²) in [5, 5.41) is 0. The van der Waals surface area contributed by atoms with Gasteiger partial charge < -0.3 is 4.74 Å². The maximum absolute atomic E-state index is 12.8. The van der Waals surface area contributed by atoms with Crippen molar-refractivity contribution in [1.29, 1.82) is 0 Å². The van der Waals surface area contributed by atoms with Crippen LogP contribution in [-0.2, 0) is 9.53 Å². The molecule has 5 heteroatoms. The Bertz CT molecular complexity index is 472. The summed E-state index contributed by atoms with van der Waals surface area (Å²) in [6.07, 6.45) is 4.41. The summed E-state index contributed by atoms with van der Waals surface area (Å²) in [6.45, 7) is 6.85. The highest BCUT2D eigenvalue weighted by molar-refractivity contribution is 5.89. The minimum absolute atomic E-state index is 0.183. The van der Waals surface area contributed by atoms with Gasteiger partial charge in [0, 0.05) is 5.92 Å². The van der Waals surface area contributed by atoms with E-state index in [0.717, 1.165) is 44.9 Å². The van der Waals surface area contributed by atoms with E-state index in [1.807, 2.05) is 6.92 Å². The largest absolute Gasteiger partial charge is 0.455 e. The van der Waals surface area contributed by atoms with Crippen LogP contribution in [0.2, 0.25) is 0 Å². The van der Waals surface area contributed by atoms with Crippen LogP contribution in [0, 0.1) is 17.8 Å². The Labute approximate surface area is 142 Å². The molecule has 2 aliphatic carbocycles. The first kappa shape index (κ1) is 19.3. The molecule has 0 radical (unpaired) electrons. The van der Waals surface area contributed by atoms with Crippen LogP contribution in [0.1, 0.15) is 71.6 Å². The number of hydrogen-bond acceptors (Lipinski definition) is 2. The Kier molecular flexibility index (Phi) is 6.03. The Balaban J connectivity index is 2.07. The lowest BCUT2D eigenvalue weighted by molar-refractivity contribution is -0.172. The fourth-order valence-electron chi connectivity index (χ4n) is 4.60. The monoisotopic (exact) mass is 346 g/mol. The third kappa shape index (κ3) is 4.34. The summed E-state index contributed by atoms with van der Waals surface area (Å²) in [5.74, 6) is 0.0174. The van der Waals surface area contributed by atoms with Crippen LogP contribution >= 0.6 is 0 Å². The van der Waals surface area contributed by atoms with E-state index in [2.05, 4.69) is 13.5 Å². The van der Waals surface area contributed by atoms with Crippen LogP contribution in [0.15, 0.2) is 12.2 Å². The zero-order chi connectivity index (χ0) is 18.0. The third-order valence-corrected chi connectivity index (χ3v) is 5.96. The number of hydrogen-bond donors (Lipinski definition) is 0. The fraction of sp³-hybridized carbons (Fsp3) is 0.842. The number of halogens is 3. The van der Waals surface area contributed by atoms with Gasteiger partial charge in [0.2, 0.25) is 0 Å². The molecule has 24 heavy (non-hydrogen) atoms. The van der Waals surface area contributed by atoms with Gasteiger partial charge in [-0.25, -0.2) is 4.79 Å². The number of alkyl halides is 3. The average Bonchev–Trinajstić information content (AvgIpc) is 3.13. The number of fused-ring (bicyclic) bond motifs is 2. The van der Waals surface area contributed by atoms with E-state index >= 15 is 0 Å². The molecule has 0 amide bonds. The van der Waals surface area contributed by atoms with Crippen molar-refractivity contribution in [2.45, 2.75) is 83.4 Å². The summed E-state index contributed by atoms with van der Waals surface area (Å²) < 4.78 is 43.7. The van der Waals surface area contributed by atoms with Gasteiger partial charge in [0.15, 0.2) is 0 Å². The summed E-state index contributed by atoms with van der Waals surface area (Å²) in [4.78, 5) is 12.0. The summed E-state index contributed by atoms with van der Waals surface area (Å²) >= 11 is 0. The standard InChI is InChI=1S/C19H29F3O2/c1-4-5-6-7-10-18(3,16-12-14-8-9-15(16)11-14)24-17(23)13(2)19(20,21)22/h14-16H,2,4-12H2,1,3H3. The predicted molar refractivity (Wildman–Crippen MR) is 87.4 cm³/mol. The van der Waals surface area contributed by atoms with Crippen LogP contribution in [0.4, 0.5) is 13.2 Å². The first-order valence-corrected chi connectivity index (χ1v) is 9.17. The summed E-state index contributed by atoms with van der Waals surface area (Å²) in [6, 6.07) is 0. The lowest BCUT2D eigenvalue weighted by Gasteiger charge is -2.40. The SMILES string of the molecule is C=C(C(=O)OC(C)(CCCCCC)C1CC2CCC1C2)C(F)(F)F. The molecule has 138 valence electrons. The van der Waals surface area contributed by atoms with E-state index in [9.17, 15) is 18.0 Å². The topological polar surface area (TPSA) is 26.3 Å². The van der Waals surface area contributed by atoms with Crippen LogP contribution in [-0.4, -0.2) is 17.7 Å². The Hall–Kier alpha value is -1.00. The minimum Gasteiger partial charge on any atom is -0.455 e. The smallest absolute Gasteiger partial charge is 0.422 e. The van der Waals surface area contributed by atoms with E-state index in [1.54, 1.807) is 0 Å². The molecule has 2 rings (SSSR count). The van der Waals surface area contributed by atoms with E-state index in [1.165, 1.54) is 6.42 Å². The van der Waals surface area contributed by atoms with Crippen LogP contribution in [0.25, 0.3) is 0 Å². The van der Waals surface area contributed by atoms with Crippen molar-refractivity contribution in [2.24, 2.45) is 17.8 Å². The van der Waals surface area contributed by atoms with E-state index in [4.69, 9.17) is 4.74 Å². The Morgan fingerprint density at radius 2 is 1.88 bits per heavy atom. The van der Waals surface area contributed by atoms with Gasteiger partial charge in [0.1, 0.15) is 11.2 Å². The molecule has 2 nitrogen and oxygen atoms in total. The molecular formula is C19H29F3O2. The molecule has 4 unspecified atom stereocenters. The Morgan fingerprint density at radius 1 is 1.17 bits per heavy atom. The Morgan fingerprint density at radius 3 is 2.38 bits per heavy atom. The zero-order valence-electron chi connectivity index (χ0n) is 14.8. The lowest BCUT2D eigenvalue weighted by atomic mass is 9.74. The van der Waals surface area contributed by atoms with Crippen molar-refractivity contribution in [2.75, 3.05) is 0 Å². The molecule has 0 aromatic rings. The molecule has 2 bridgehead atoms. The second-order valence-corrected chi connectivity index (χ2v) is 7.77. The van der Waals surface area contributed by atoms with E-state index < -0.39 is 23.3 Å². The third-order valence-electron chi connectivity index (χ3n) is 5.96. The second kappa shape index (κ2) is 7.49. The molecule has 2 saturated carbocycles. The van der Waals surface area contributed by atoms with Gasteiger partial charge in [-0.1, -0.05) is 39.2 Å². The second-order valence-electron chi connectivity index (χ2n) is 7.77. The van der Waals surface area contributed by atoms with Crippen molar-refractivity contribution in [3.63, 3.8) is 0 Å². The number of carbonyl (C=O) groups excluding carboxylic acids is 1. The zero-order valence-corrected chi connectivity index (χ0v) is 14.8. The molecule has 0 N–H and O–H groups in total. The molecule has 0 aromatic carbocycles. The van der Waals surface area contributed by atoms with Crippen LogP contribution < -0.4 is 0 Å². The maximum Gasteiger partial charge on any atom is 0.422 e. The van der Waals surface area contributed by atoms with Gasteiger partial charge in [-0.05, 0) is 50.9 Å². The highest BCUT2D eigenvalue weighted by Gasteiger charge is 2.51. The van der Waals surface area contributed by atoms with Gasteiger partial charge >= 0.3 is 12.1 Å². The number of unbranched alkanes of at least 4 members (excludes halogenated alkanes) is 3. The van der Waals surface area contributed by atoms with Crippen molar-refractivity contribution >= 4 is 5.97 Å². The molecule has 0 heterocycles. The van der Waals surface area contributed by atoms with Crippen molar-refractivity contribution < 1.29 is 22.7 Å². The molecule has 0 aromatic heterocycles. The quantitative estimate of drug-likeness (QED) is 0.315. The molecular weight excluding hydrogens is 317 g/mol. The highest BCUT2D eigenvalue weighted by atomic mass is 19.4. The minimum atomic E-state index is -4.73. The van der Waals surface area contributed by atoms with Crippen molar-refractivity contribution in [1.82, 2.24) is 0 Å². The number of rotatable bonds is 8. The number of esters is 1. The molecule has 0 spiro atoms. The van der Waals surface area contributed by atoms with Gasteiger partial charge in [-0.3, -0.25) is 0 Å². The summed E-state index contributed by atoms with van der Waals surface area (Å²) in [7, 11) is 0. The van der Waals surface area contributed by atoms with E-state index in [0.29, 0.717) is 18.3 Å². The lowest BCUT2D eigenvalue weighted by Crippen LogP contribution is -2.43. The van der Waals surface area contributed by atoms with Gasteiger partial charge in [0.25, 0.3) is 0 Å². The molecule has 0 saturated heterocycles. The molecule has 4 atom stereocenters. The van der Waals surface area contributed by atoms with E-state index in [-0.39, 0.29) is 5.92 Å². The number of ether oxygens (including phenoxy) is 1. The first-order chi connectivity index (χ1) is 11.2. The normalized spacial score (nSPS) is 28.6. The molecule has 0 aliphatic heterocycles. The van der Waals surface area contributed by atoms with Crippen LogP contribution in [0.5, 0.6) is 0 Å². The van der Waals surface area contributed by atoms with Gasteiger partial charge in [0.05, 0.1) is 0 Å². The molecule has 2 aliphatic rings. The first-order valence-electron chi connectivity index (χ1n) is 9.17. The fourth-order valence-corrected chi connectivity index (χ4v) is 4.60.